The molecule has 0 aliphatic rings. The van der Waals surface area contributed by atoms with Gasteiger partial charge in [0.15, 0.2) is 0 Å². The molecule has 2 rings (SSSR count). The monoisotopic (exact) mass is 454 g/mol. The van der Waals surface area contributed by atoms with Crippen LogP contribution in [0.3, 0.4) is 0 Å². The number of aryl methyl sites for hydroxylation is 1. The van der Waals surface area contributed by atoms with E-state index in [2.05, 4.69) is 5.32 Å². The average Bonchev–Trinajstić information content (AvgIpc) is 2.65. The minimum absolute atomic E-state index is 0.0239. The van der Waals surface area contributed by atoms with Gasteiger partial charge in [0.2, 0.25) is 11.8 Å². The molecule has 0 saturated heterocycles. The number of hydrogen-bond donors (Lipinski definition) is 1. The Bertz CT molecular complexity index is 871. The number of carbonyl (C=O) groups is 2. The molecule has 2 amide bonds. The van der Waals surface area contributed by atoms with Gasteiger partial charge in [-0.15, -0.1) is 0 Å². The van der Waals surface area contributed by atoms with Crippen LogP contribution in [0.5, 0.6) is 0 Å². The summed E-state index contributed by atoms with van der Waals surface area (Å²) in [6.07, 6.45) is 0.718. The van der Waals surface area contributed by atoms with E-state index in [1.807, 2.05) is 32.0 Å². The standard InChI is InChI=1S/C22H25Cl3N2O2/c1-14(2)26-22(29)15(3)27(13-17-8-10-18(23)12-20(17)25)21(28)11-9-16-6-4-5-7-19(16)24/h4-8,10,12,14-15H,9,11,13H2,1-3H3,(H,26,29)/t15-/m1/s1. The maximum atomic E-state index is 13.1. The lowest BCUT2D eigenvalue weighted by molar-refractivity contribution is -0.140. The third-order valence-corrected chi connectivity index (χ3v) is 5.48. The first-order chi connectivity index (χ1) is 13.7. The first kappa shape index (κ1) is 23.5. The molecule has 0 spiro atoms. The van der Waals surface area contributed by atoms with Crippen molar-refractivity contribution >= 4 is 46.6 Å². The molecule has 1 atom stereocenters. The summed E-state index contributed by atoms with van der Waals surface area (Å²) in [6, 6.07) is 11.9. The Balaban J connectivity index is 2.21. The zero-order valence-corrected chi connectivity index (χ0v) is 19.0. The van der Waals surface area contributed by atoms with Crippen molar-refractivity contribution in [2.24, 2.45) is 0 Å². The molecule has 2 aromatic carbocycles. The number of carbonyl (C=O) groups excluding carboxylic acids is 2. The Morgan fingerprint density at radius 1 is 0.966 bits per heavy atom. The fourth-order valence-electron chi connectivity index (χ4n) is 2.91. The minimum Gasteiger partial charge on any atom is -0.352 e. The second-order valence-corrected chi connectivity index (χ2v) is 8.44. The van der Waals surface area contributed by atoms with E-state index in [0.717, 1.165) is 11.1 Å². The van der Waals surface area contributed by atoms with Crippen LogP contribution < -0.4 is 5.32 Å². The van der Waals surface area contributed by atoms with E-state index in [9.17, 15) is 9.59 Å². The summed E-state index contributed by atoms with van der Waals surface area (Å²) in [6.45, 7) is 5.69. The van der Waals surface area contributed by atoms with Crippen LogP contribution in [0.1, 0.15) is 38.3 Å². The van der Waals surface area contributed by atoms with Crippen LogP contribution in [0.2, 0.25) is 15.1 Å². The first-order valence-electron chi connectivity index (χ1n) is 9.46. The number of benzene rings is 2. The molecule has 0 aliphatic heterocycles. The summed E-state index contributed by atoms with van der Waals surface area (Å²) in [5.41, 5.74) is 1.62. The largest absolute Gasteiger partial charge is 0.352 e. The lowest BCUT2D eigenvalue weighted by Crippen LogP contribution is -2.49. The van der Waals surface area contributed by atoms with Gasteiger partial charge in [0, 0.05) is 34.1 Å². The third-order valence-electron chi connectivity index (χ3n) is 4.52. The van der Waals surface area contributed by atoms with Crippen molar-refractivity contribution in [2.75, 3.05) is 0 Å². The molecule has 0 unspecified atom stereocenters. The van der Waals surface area contributed by atoms with Gasteiger partial charge in [-0.05, 0) is 56.5 Å². The van der Waals surface area contributed by atoms with E-state index in [0.29, 0.717) is 21.5 Å². The van der Waals surface area contributed by atoms with Crippen molar-refractivity contribution in [3.8, 4) is 0 Å². The van der Waals surface area contributed by atoms with Crippen molar-refractivity contribution in [3.05, 3.63) is 68.7 Å². The second-order valence-electron chi connectivity index (χ2n) is 7.19. The molecule has 29 heavy (non-hydrogen) atoms. The third kappa shape index (κ3) is 6.91. The molecule has 156 valence electrons. The van der Waals surface area contributed by atoms with E-state index in [4.69, 9.17) is 34.8 Å². The summed E-state index contributed by atoms with van der Waals surface area (Å²) in [5.74, 6) is -0.362. The number of halogens is 3. The van der Waals surface area contributed by atoms with Gasteiger partial charge >= 0.3 is 0 Å². The number of nitrogens with zero attached hydrogens (tertiary/aromatic N) is 1. The lowest BCUT2D eigenvalue weighted by Gasteiger charge is -2.30. The van der Waals surface area contributed by atoms with Gasteiger partial charge in [-0.1, -0.05) is 59.1 Å². The normalized spacial score (nSPS) is 12.0. The van der Waals surface area contributed by atoms with Gasteiger partial charge in [-0.3, -0.25) is 9.59 Å². The number of hydrogen-bond acceptors (Lipinski definition) is 2. The van der Waals surface area contributed by atoms with E-state index in [-0.39, 0.29) is 30.8 Å². The van der Waals surface area contributed by atoms with Gasteiger partial charge in [0.25, 0.3) is 0 Å². The SMILES string of the molecule is CC(C)NC(=O)[C@@H](C)N(Cc1ccc(Cl)cc1Cl)C(=O)CCc1ccccc1Cl. The molecule has 0 heterocycles. The lowest BCUT2D eigenvalue weighted by atomic mass is 10.1. The van der Waals surface area contributed by atoms with E-state index < -0.39 is 6.04 Å². The highest BCUT2D eigenvalue weighted by molar-refractivity contribution is 6.35. The molecule has 4 nitrogen and oxygen atoms in total. The van der Waals surface area contributed by atoms with Crippen LogP contribution in [0.4, 0.5) is 0 Å². The highest BCUT2D eigenvalue weighted by atomic mass is 35.5. The number of amides is 2. The Hall–Kier alpha value is -1.75. The maximum absolute atomic E-state index is 13.1. The quantitative estimate of drug-likeness (QED) is 0.569. The zero-order valence-electron chi connectivity index (χ0n) is 16.7. The van der Waals surface area contributed by atoms with E-state index >= 15 is 0 Å². The summed E-state index contributed by atoms with van der Waals surface area (Å²) in [5, 5.41) is 4.46. The fraction of sp³-hybridized carbons (Fsp3) is 0.364. The minimum atomic E-state index is -0.650. The van der Waals surface area contributed by atoms with Gasteiger partial charge in [-0.25, -0.2) is 0 Å². The molecular weight excluding hydrogens is 431 g/mol. The van der Waals surface area contributed by atoms with E-state index in [1.54, 1.807) is 36.1 Å². The van der Waals surface area contributed by atoms with E-state index in [1.165, 1.54) is 0 Å². The van der Waals surface area contributed by atoms with Gasteiger partial charge in [0.1, 0.15) is 6.04 Å². The number of rotatable bonds is 8. The molecule has 0 radical (unpaired) electrons. The first-order valence-corrected chi connectivity index (χ1v) is 10.6. The molecule has 0 saturated carbocycles. The van der Waals surface area contributed by atoms with Crippen molar-refractivity contribution in [2.45, 2.75) is 52.2 Å². The molecule has 0 fully saturated rings. The predicted molar refractivity (Wildman–Crippen MR) is 120 cm³/mol. The Kier molecular flexibility index (Phi) is 8.81. The molecule has 7 heteroatoms. The Morgan fingerprint density at radius 3 is 2.28 bits per heavy atom. The summed E-state index contributed by atoms with van der Waals surface area (Å²) < 4.78 is 0. The summed E-state index contributed by atoms with van der Waals surface area (Å²) >= 11 is 18.5. The zero-order chi connectivity index (χ0) is 21.6. The molecule has 2 aromatic rings. The summed E-state index contributed by atoms with van der Waals surface area (Å²) in [4.78, 5) is 27.2. The fourth-order valence-corrected chi connectivity index (χ4v) is 3.61. The van der Waals surface area contributed by atoms with Crippen molar-refractivity contribution in [3.63, 3.8) is 0 Å². The van der Waals surface area contributed by atoms with Crippen LogP contribution in [0, 0.1) is 0 Å². The highest BCUT2D eigenvalue weighted by Gasteiger charge is 2.27. The maximum Gasteiger partial charge on any atom is 0.242 e. The van der Waals surface area contributed by atoms with Gasteiger partial charge in [0.05, 0.1) is 0 Å². The van der Waals surface area contributed by atoms with Gasteiger partial charge in [-0.2, -0.15) is 0 Å². The smallest absolute Gasteiger partial charge is 0.242 e. The second kappa shape index (κ2) is 10.9. The highest BCUT2D eigenvalue weighted by Crippen LogP contribution is 2.24. The van der Waals surface area contributed by atoms with Crippen LogP contribution >= 0.6 is 34.8 Å². The van der Waals surface area contributed by atoms with Crippen LogP contribution in [-0.4, -0.2) is 28.8 Å². The van der Waals surface area contributed by atoms with Crippen molar-refractivity contribution in [1.29, 1.82) is 0 Å². The number of nitrogens with one attached hydrogen (secondary N) is 1. The predicted octanol–water partition coefficient (Wildman–Crippen LogP) is 5.52. The molecule has 1 N–H and O–H groups in total. The van der Waals surface area contributed by atoms with Crippen LogP contribution in [-0.2, 0) is 22.6 Å². The molecular formula is C22H25Cl3N2O2. The van der Waals surface area contributed by atoms with Gasteiger partial charge < -0.3 is 10.2 Å². The Labute approximate surface area is 187 Å². The van der Waals surface area contributed by atoms with Crippen molar-refractivity contribution in [1.82, 2.24) is 10.2 Å². The topological polar surface area (TPSA) is 49.4 Å². The van der Waals surface area contributed by atoms with Crippen LogP contribution in [0.25, 0.3) is 0 Å². The molecule has 0 aliphatic carbocycles. The average molecular weight is 456 g/mol. The molecule has 0 aromatic heterocycles. The Morgan fingerprint density at radius 2 is 1.66 bits per heavy atom. The summed E-state index contributed by atoms with van der Waals surface area (Å²) in [7, 11) is 0. The van der Waals surface area contributed by atoms with Crippen LogP contribution in [0.15, 0.2) is 42.5 Å². The molecule has 0 bridgehead atoms. The van der Waals surface area contributed by atoms with Crippen molar-refractivity contribution < 1.29 is 9.59 Å².